The van der Waals surface area contributed by atoms with Crippen LogP contribution in [0.2, 0.25) is 0 Å². The molecule has 2 aromatic heterocycles. The van der Waals surface area contributed by atoms with Crippen LogP contribution >= 0.6 is 0 Å². The maximum atomic E-state index is 5.53. The van der Waals surface area contributed by atoms with Crippen molar-refractivity contribution in [3.05, 3.63) is 0 Å². The van der Waals surface area contributed by atoms with Gasteiger partial charge in [0.15, 0.2) is 0 Å². The third-order valence-electron chi connectivity index (χ3n) is 6.01. The highest BCUT2D eigenvalue weighted by atomic mass is 16.5. The Bertz CT molecular complexity index is 1030. The molecule has 0 spiro atoms. The van der Waals surface area contributed by atoms with Gasteiger partial charge in [0.05, 0.1) is 6.67 Å². The second-order valence-corrected chi connectivity index (χ2v) is 8.88. The Morgan fingerprint density at radius 1 is 0.429 bits per heavy atom. The lowest BCUT2D eigenvalue weighted by Gasteiger charge is -2.28. The van der Waals surface area contributed by atoms with Crippen molar-refractivity contribution in [1.82, 2.24) is 29.9 Å². The van der Waals surface area contributed by atoms with Gasteiger partial charge in [-0.15, -0.1) is 0 Å². The zero-order valence-electron chi connectivity index (χ0n) is 26.5. The van der Waals surface area contributed by atoms with Crippen LogP contribution < -0.4 is 29.8 Å². The van der Waals surface area contributed by atoms with E-state index < -0.39 is 0 Å². The molecule has 2 heterocycles. The number of anilines is 6. The molecule has 17 nitrogen and oxygen atoms in total. The van der Waals surface area contributed by atoms with E-state index in [1.54, 1.807) is 40.4 Å². The first-order valence-corrected chi connectivity index (χ1v) is 13.9. The van der Waals surface area contributed by atoms with Crippen molar-refractivity contribution < 1.29 is 23.7 Å². The van der Waals surface area contributed by atoms with Crippen molar-refractivity contribution in [1.29, 1.82) is 0 Å². The molecule has 0 aliphatic rings. The van der Waals surface area contributed by atoms with Crippen molar-refractivity contribution >= 4 is 35.7 Å². The van der Waals surface area contributed by atoms with Crippen LogP contribution in [0.1, 0.15) is 27.7 Å². The fraction of sp³-hybridized carbons (Fsp3) is 0.760. The SMILES string of the molecule is CCN(COC)c1nc(NCN(COC)c2nc(N(CC)CC)nc(N(CC)COC)n2)nc(N(COC)COC)n1. The number of ether oxygens (including phenoxy) is 5. The molecule has 0 aromatic carbocycles. The molecule has 0 atom stereocenters. The summed E-state index contributed by atoms with van der Waals surface area (Å²) in [5, 5.41) is 3.29. The van der Waals surface area contributed by atoms with E-state index in [9.17, 15) is 0 Å². The molecule has 238 valence electrons. The van der Waals surface area contributed by atoms with Crippen molar-refractivity contribution in [3.63, 3.8) is 0 Å². The lowest BCUT2D eigenvalue weighted by molar-refractivity contribution is 0.138. The molecule has 2 rings (SSSR count). The van der Waals surface area contributed by atoms with E-state index in [1.165, 1.54) is 0 Å². The number of rotatable bonds is 22. The number of nitrogens with one attached hydrogen (secondary N) is 1. The summed E-state index contributed by atoms with van der Waals surface area (Å²) < 4.78 is 26.9. The van der Waals surface area contributed by atoms with Gasteiger partial charge in [0, 0.05) is 61.7 Å². The summed E-state index contributed by atoms with van der Waals surface area (Å²) in [4.78, 5) is 37.7. The molecule has 0 bridgehead atoms. The van der Waals surface area contributed by atoms with Crippen LogP contribution in [-0.2, 0) is 23.7 Å². The molecule has 42 heavy (non-hydrogen) atoms. The minimum absolute atomic E-state index is 0.194. The molecule has 2 aromatic rings. The number of aromatic nitrogens is 6. The van der Waals surface area contributed by atoms with E-state index in [4.69, 9.17) is 38.6 Å². The molecular weight excluding hydrogens is 548 g/mol. The number of nitrogens with zero attached hydrogens (tertiary/aromatic N) is 11. The van der Waals surface area contributed by atoms with Crippen LogP contribution in [0.4, 0.5) is 35.7 Å². The molecule has 17 heteroatoms. The Labute approximate surface area is 249 Å². The first-order chi connectivity index (χ1) is 20.4. The predicted octanol–water partition coefficient (Wildman–Crippen LogP) is 1.26. The maximum Gasteiger partial charge on any atom is 0.235 e. The molecule has 0 radical (unpaired) electrons. The van der Waals surface area contributed by atoms with Crippen LogP contribution in [0.15, 0.2) is 0 Å². The van der Waals surface area contributed by atoms with Gasteiger partial charge in [0.1, 0.15) is 33.7 Å². The quantitative estimate of drug-likeness (QED) is 0.194. The minimum atomic E-state index is 0.194. The number of hydrogen-bond donors (Lipinski definition) is 1. The summed E-state index contributed by atoms with van der Waals surface area (Å²) in [6.45, 7) is 12.4. The highest BCUT2D eigenvalue weighted by Gasteiger charge is 2.21. The molecule has 0 amide bonds. The fourth-order valence-electron chi connectivity index (χ4n) is 3.84. The number of methoxy groups -OCH3 is 5. The highest BCUT2D eigenvalue weighted by molar-refractivity contribution is 5.48. The summed E-state index contributed by atoms with van der Waals surface area (Å²) in [7, 11) is 8.06. The second kappa shape index (κ2) is 18.9. The summed E-state index contributed by atoms with van der Waals surface area (Å²) >= 11 is 0. The van der Waals surface area contributed by atoms with Gasteiger partial charge in [-0.2, -0.15) is 29.9 Å². The monoisotopic (exact) mass is 596 g/mol. The van der Waals surface area contributed by atoms with Crippen LogP contribution in [-0.4, -0.2) is 132 Å². The Morgan fingerprint density at radius 3 is 1.14 bits per heavy atom. The van der Waals surface area contributed by atoms with Crippen molar-refractivity contribution in [2.24, 2.45) is 0 Å². The lowest BCUT2D eigenvalue weighted by Crippen LogP contribution is -2.36. The van der Waals surface area contributed by atoms with Crippen LogP contribution in [0, 0.1) is 0 Å². The van der Waals surface area contributed by atoms with E-state index >= 15 is 0 Å². The van der Waals surface area contributed by atoms with Crippen LogP contribution in [0.25, 0.3) is 0 Å². The van der Waals surface area contributed by atoms with Gasteiger partial charge in [-0.25, -0.2) is 0 Å². The Kier molecular flexibility index (Phi) is 15.7. The van der Waals surface area contributed by atoms with Crippen LogP contribution in [0.5, 0.6) is 0 Å². The van der Waals surface area contributed by atoms with Gasteiger partial charge < -0.3 is 43.7 Å². The van der Waals surface area contributed by atoms with E-state index in [2.05, 4.69) is 39.0 Å². The molecular formula is C25H48N12O5. The summed E-state index contributed by atoms with van der Waals surface area (Å²) in [6.07, 6.45) is 0. The summed E-state index contributed by atoms with van der Waals surface area (Å²) in [5.41, 5.74) is 0. The number of hydrogen-bond acceptors (Lipinski definition) is 17. The Hall–Kier alpha value is -3.38. The zero-order chi connectivity index (χ0) is 30.9. The molecule has 0 saturated heterocycles. The van der Waals surface area contributed by atoms with Gasteiger partial charge >= 0.3 is 0 Å². The van der Waals surface area contributed by atoms with Gasteiger partial charge in [-0.05, 0) is 27.7 Å². The van der Waals surface area contributed by atoms with Crippen LogP contribution in [0.3, 0.4) is 0 Å². The predicted molar refractivity (Wildman–Crippen MR) is 162 cm³/mol. The average Bonchev–Trinajstić information content (AvgIpc) is 3.00. The van der Waals surface area contributed by atoms with Gasteiger partial charge in [0.25, 0.3) is 0 Å². The Balaban J connectivity index is 2.51. The molecule has 0 unspecified atom stereocenters. The van der Waals surface area contributed by atoms with Crippen molar-refractivity contribution in [2.75, 3.05) is 132 Å². The average molecular weight is 597 g/mol. The van der Waals surface area contributed by atoms with E-state index in [1.807, 2.05) is 28.5 Å². The third-order valence-corrected chi connectivity index (χ3v) is 6.01. The lowest BCUT2D eigenvalue weighted by atomic mass is 10.5. The second-order valence-electron chi connectivity index (χ2n) is 8.88. The summed E-state index contributed by atoms with van der Waals surface area (Å²) in [6, 6.07) is 0. The van der Waals surface area contributed by atoms with E-state index in [-0.39, 0.29) is 26.9 Å². The first-order valence-electron chi connectivity index (χ1n) is 13.9. The third kappa shape index (κ3) is 9.87. The zero-order valence-corrected chi connectivity index (χ0v) is 26.5. The van der Waals surface area contributed by atoms with E-state index in [0.717, 1.165) is 13.1 Å². The highest BCUT2D eigenvalue weighted by Crippen LogP contribution is 2.21. The van der Waals surface area contributed by atoms with Crippen molar-refractivity contribution in [2.45, 2.75) is 27.7 Å². The van der Waals surface area contributed by atoms with Gasteiger partial charge in [-0.3, -0.25) is 9.80 Å². The first kappa shape index (κ1) is 34.8. The molecule has 0 saturated carbocycles. The molecule has 0 aliphatic carbocycles. The smallest absolute Gasteiger partial charge is 0.235 e. The van der Waals surface area contributed by atoms with Crippen molar-refractivity contribution in [3.8, 4) is 0 Å². The Morgan fingerprint density at radius 2 is 0.738 bits per heavy atom. The molecule has 0 fully saturated rings. The molecule has 0 aliphatic heterocycles. The summed E-state index contributed by atoms with van der Waals surface area (Å²) in [5.74, 6) is 2.64. The minimum Gasteiger partial charge on any atom is -0.364 e. The molecule has 1 N–H and O–H groups in total. The fourth-order valence-corrected chi connectivity index (χ4v) is 3.84. The maximum absolute atomic E-state index is 5.53. The van der Waals surface area contributed by atoms with Gasteiger partial charge in [-0.1, -0.05) is 0 Å². The van der Waals surface area contributed by atoms with E-state index in [0.29, 0.717) is 62.2 Å². The normalized spacial score (nSPS) is 11.0. The standard InChI is InChI=1S/C25H48N12O5/c1-10-33(11-2)23-30-24(35(13-4)16-39-6)32-25(31-23)36(17-40-7)14-26-20-27-21(34(12-3)15-38-5)29-22(28-20)37(18-41-8)19-42-9/h10-19H2,1-9H3,(H,26,27,28,29). The largest absolute Gasteiger partial charge is 0.364 e. The topological polar surface area (TPSA) is 152 Å². The van der Waals surface area contributed by atoms with Gasteiger partial charge in [0.2, 0.25) is 35.7 Å².